The van der Waals surface area contributed by atoms with Crippen LogP contribution in [0.4, 0.5) is 0 Å². The van der Waals surface area contributed by atoms with Crippen molar-refractivity contribution in [2.45, 2.75) is 40.0 Å². The van der Waals surface area contributed by atoms with E-state index in [4.69, 9.17) is 0 Å². The molecule has 1 aromatic rings. The second kappa shape index (κ2) is 7.54. The van der Waals surface area contributed by atoms with Crippen LogP contribution in [0, 0.1) is 13.8 Å². The first-order chi connectivity index (χ1) is 8.19. The third-order valence-electron chi connectivity index (χ3n) is 3.01. The van der Waals surface area contributed by atoms with Crippen molar-refractivity contribution in [3.63, 3.8) is 0 Å². The highest BCUT2D eigenvalue weighted by Gasteiger charge is 2.05. The van der Waals surface area contributed by atoms with Crippen molar-refractivity contribution in [3.05, 3.63) is 34.9 Å². The Morgan fingerprint density at radius 3 is 2.41 bits per heavy atom. The minimum absolute atomic E-state index is 0.970. The Hall–Kier alpha value is -0.760. The van der Waals surface area contributed by atoms with Gasteiger partial charge >= 0.3 is 0 Å². The Morgan fingerprint density at radius 1 is 1.24 bits per heavy atom. The molecule has 0 amide bonds. The van der Waals surface area contributed by atoms with Crippen LogP contribution in [0.25, 0.3) is 0 Å². The molecular formula is C15H23NS. The van der Waals surface area contributed by atoms with Gasteiger partial charge < -0.3 is 0 Å². The first-order valence-corrected chi connectivity index (χ1v) is 7.54. The second-order valence-electron chi connectivity index (χ2n) is 4.38. The van der Waals surface area contributed by atoms with E-state index < -0.39 is 0 Å². The second-order valence-corrected chi connectivity index (χ2v) is 5.26. The Labute approximate surface area is 110 Å². The first-order valence-electron chi connectivity index (χ1n) is 6.31. The quantitative estimate of drug-likeness (QED) is 0.428. The maximum Gasteiger partial charge on any atom is 0.0717 e. The van der Waals surface area contributed by atoms with Crippen LogP contribution in [-0.4, -0.2) is 17.8 Å². The lowest BCUT2D eigenvalue weighted by Gasteiger charge is -2.10. The molecular weight excluding hydrogens is 226 g/mol. The van der Waals surface area contributed by atoms with Crippen LogP contribution in [0.2, 0.25) is 0 Å². The van der Waals surface area contributed by atoms with Crippen LogP contribution in [0.1, 0.15) is 36.5 Å². The molecule has 1 rings (SSSR count). The van der Waals surface area contributed by atoms with E-state index in [0.29, 0.717) is 0 Å². The summed E-state index contributed by atoms with van der Waals surface area (Å²) in [4.78, 5) is 4.69. The van der Waals surface area contributed by atoms with Gasteiger partial charge in [-0.05, 0) is 43.2 Å². The van der Waals surface area contributed by atoms with Gasteiger partial charge in [-0.15, -0.1) is 11.8 Å². The Morgan fingerprint density at radius 2 is 1.88 bits per heavy atom. The summed E-state index contributed by atoms with van der Waals surface area (Å²) >= 11 is 1.78. The summed E-state index contributed by atoms with van der Waals surface area (Å²) in [6.45, 7) is 7.55. The normalized spacial score (nSPS) is 11.9. The molecule has 0 atom stereocenters. The summed E-state index contributed by atoms with van der Waals surface area (Å²) in [7, 11) is 0. The number of benzene rings is 1. The van der Waals surface area contributed by atoms with Crippen molar-refractivity contribution in [3.8, 4) is 0 Å². The van der Waals surface area contributed by atoms with Crippen LogP contribution in [0.5, 0.6) is 0 Å². The lowest BCUT2D eigenvalue weighted by Crippen LogP contribution is -2.03. The average molecular weight is 249 g/mol. The van der Waals surface area contributed by atoms with Gasteiger partial charge in [-0.3, -0.25) is 4.99 Å². The first kappa shape index (κ1) is 14.3. The maximum absolute atomic E-state index is 4.69. The van der Waals surface area contributed by atoms with Crippen molar-refractivity contribution in [2.75, 3.05) is 12.8 Å². The fraction of sp³-hybridized carbons (Fsp3) is 0.533. The SMILES string of the molecule is CCCCN=C(Cc1c(C)cccc1C)SC. The minimum Gasteiger partial charge on any atom is -0.283 e. The van der Waals surface area contributed by atoms with Crippen LogP contribution < -0.4 is 0 Å². The standard InChI is InChI=1S/C15H23NS/c1-5-6-10-16-15(17-4)11-14-12(2)8-7-9-13(14)3/h7-9H,5-6,10-11H2,1-4H3. The predicted molar refractivity (Wildman–Crippen MR) is 80.3 cm³/mol. The Bertz CT molecular complexity index is 362. The van der Waals surface area contributed by atoms with Gasteiger partial charge in [-0.25, -0.2) is 0 Å². The molecule has 0 aliphatic heterocycles. The number of thioether (sulfide) groups is 1. The van der Waals surface area contributed by atoms with E-state index in [9.17, 15) is 0 Å². The van der Waals surface area contributed by atoms with Gasteiger partial charge in [0.25, 0.3) is 0 Å². The van der Waals surface area contributed by atoms with Crippen molar-refractivity contribution in [2.24, 2.45) is 4.99 Å². The summed E-state index contributed by atoms with van der Waals surface area (Å²) in [5.41, 5.74) is 4.20. The minimum atomic E-state index is 0.970. The Balaban J connectivity index is 2.77. The number of hydrogen-bond donors (Lipinski definition) is 0. The number of nitrogens with zero attached hydrogens (tertiary/aromatic N) is 1. The largest absolute Gasteiger partial charge is 0.283 e. The molecule has 1 nitrogen and oxygen atoms in total. The predicted octanol–water partition coefficient (Wildman–Crippen LogP) is 4.41. The van der Waals surface area contributed by atoms with Crippen LogP contribution >= 0.6 is 11.8 Å². The van der Waals surface area contributed by atoms with E-state index in [1.165, 1.54) is 34.6 Å². The molecule has 0 bridgehead atoms. The molecule has 94 valence electrons. The molecule has 1 aromatic carbocycles. The fourth-order valence-electron chi connectivity index (χ4n) is 1.83. The van der Waals surface area contributed by atoms with Crippen molar-refractivity contribution < 1.29 is 0 Å². The van der Waals surface area contributed by atoms with E-state index in [1.54, 1.807) is 11.8 Å². The van der Waals surface area contributed by atoms with E-state index in [-0.39, 0.29) is 0 Å². The molecule has 0 aromatic heterocycles. The molecule has 0 radical (unpaired) electrons. The summed E-state index contributed by atoms with van der Waals surface area (Å²) in [6, 6.07) is 6.50. The summed E-state index contributed by atoms with van der Waals surface area (Å²) in [5.74, 6) is 0. The monoisotopic (exact) mass is 249 g/mol. The van der Waals surface area contributed by atoms with Crippen molar-refractivity contribution in [1.29, 1.82) is 0 Å². The molecule has 0 unspecified atom stereocenters. The summed E-state index contributed by atoms with van der Waals surface area (Å²) in [6.07, 6.45) is 5.52. The lowest BCUT2D eigenvalue weighted by molar-refractivity contribution is 0.808. The van der Waals surface area contributed by atoms with Crippen LogP contribution in [0.15, 0.2) is 23.2 Å². The number of aliphatic imine (C=N–C) groups is 1. The average Bonchev–Trinajstić information content (AvgIpc) is 2.32. The highest BCUT2D eigenvalue weighted by atomic mass is 32.2. The van der Waals surface area contributed by atoms with Crippen LogP contribution in [-0.2, 0) is 6.42 Å². The van der Waals surface area contributed by atoms with Gasteiger partial charge in [-0.2, -0.15) is 0 Å². The van der Waals surface area contributed by atoms with Gasteiger partial charge in [0.1, 0.15) is 0 Å². The summed E-state index contributed by atoms with van der Waals surface area (Å²) < 4.78 is 0. The fourth-order valence-corrected chi connectivity index (χ4v) is 2.34. The van der Waals surface area contributed by atoms with E-state index in [1.807, 2.05) is 0 Å². The molecule has 0 heterocycles. The van der Waals surface area contributed by atoms with Crippen molar-refractivity contribution >= 4 is 16.8 Å². The molecule has 0 N–H and O–H groups in total. The van der Waals surface area contributed by atoms with Crippen LogP contribution in [0.3, 0.4) is 0 Å². The topological polar surface area (TPSA) is 12.4 Å². The summed E-state index contributed by atoms with van der Waals surface area (Å²) in [5, 5.41) is 1.26. The molecule has 2 heteroatoms. The molecule has 0 saturated heterocycles. The lowest BCUT2D eigenvalue weighted by atomic mass is 10.0. The number of unbranched alkanes of at least 4 members (excludes halogenated alkanes) is 1. The zero-order valence-electron chi connectivity index (χ0n) is 11.4. The molecule has 0 saturated carbocycles. The van der Waals surface area contributed by atoms with E-state index in [0.717, 1.165) is 13.0 Å². The zero-order chi connectivity index (χ0) is 12.7. The Kier molecular flexibility index (Phi) is 6.35. The van der Waals surface area contributed by atoms with E-state index >= 15 is 0 Å². The smallest absolute Gasteiger partial charge is 0.0717 e. The molecule has 0 spiro atoms. The number of rotatable bonds is 5. The molecule has 0 aliphatic carbocycles. The highest BCUT2D eigenvalue weighted by molar-refractivity contribution is 8.13. The molecule has 0 fully saturated rings. The third-order valence-corrected chi connectivity index (χ3v) is 3.75. The third kappa shape index (κ3) is 4.55. The maximum atomic E-state index is 4.69. The zero-order valence-corrected chi connectivity index (χ0v) is 12.2. The van der Waals surface area contributed by atoms with Gasteiger partial charge in [-0.1, -0.05) is 31.5 Å². The van der Waals surface area contributed by atoms with Gasteiger partial charge in [0.15, 0.2) is 0 Å². The van der Waals surface area contributed by atoms with Crippen molar-refractivity contribution in [1.82, 2.24) is 0 Å². The number of hydrogen-bond acceptors (Lipinski definition) is 2. The number of aryl methyl sites for hydroxylation is 2. The van der Waals surface area contributed by atoms with E-state index in [2.05, 4.69) is 50.2 Å². The van der Waals surface area contributed by atoms with Gasteiger partial charge in [0.2, 0.25) is 0 Å². The van der Waals surface area contributed by atoms with Gasteiger partial charge in [0, 0.05) is 13.0 Å². The van der Waals surface area contributed by atoms with Gasteiger partial charge in [0.05, 0.1) is 5.04 Å². The molecule has 0 aliphatic rings. The molecule has 17 heavy (non-hydrogen) atoms. The highest BCUT2D eigenvalue weighted by Crippen LogP contribution is 2.17.